The normalized spacial score (nSPS) is 12.5. The molecule has 0 atom stereocenters. The van der Waals surface area contributed by atoms with E-state index in [1.807, 2.05) is 30.3 Å². The van der Waals surface area contributed by atoms with Gasteiger partial charge in [-0.25, -0.2) is 0 Å². The Morgan fingerprint density at radius 2 is 0.914 bits per heavy atom. The first-order chi connectivity index (χ1) is 16.4. The molecule has 0 aliphatic heterocycles. The number of hydrogen-bond acceptors (Lipinski definition) is 3. The number of rotatable bonds is 8. The lowest BCUT2D eigenvalue weighted by Crippen LogP contribution is -2.33. The van der Waals surface area contributed by atoms with Crippen molar-refractivity contribution < 1.29 is 31.1 Å². The van der Waals surface area contributed by atoms with Gasteiger partial charge in [-0.05, 0) is 41.0 Å². The zero-order valence-corrected chi connectivity index (χ0v) is 19.5. The zero-order chi connectivity index (χ0) is 25.9. The van der Waals surface area contributed by atoms with Gasteiger partial charge in [0, 0.05) is 32.6 Å². The molecule has 0 aromatic heterocycles. The van der Waals surface area contributed by atoms with Crippen molar-refractivity contribution in [2.75, 3.05) is 44.1 Å². The average Bonchev–Trinajstić information content (AvgIpc) is 2.79. The lowest BCUT2D eigenvalue weighted by atomic mass is 9.80. The van der Waals surface area contributed by atoms with E-state index in [4.69, 9.17) is 4.74 Å². The highest BCUT2D eigenvalue weighted by Crippen LogP contribution is 2.41. The minimum absolute atomic E-state index is 0.383. The summed E-state index contributed by atoms with van der Waals surface area (Å²) in [5, 5.41) is 0. The van der Waals surface area contributed by atoms with Crippen molar-refractivity contribution >= 4 is 11.4 Å². The molecule has 35 heavy (non-hydrogen) atoms. The van der Waals surface area contributed by atoms with E-state index < -0.39 is 31.0 Å². The molecule has 0 amide bonds. The van der Waals surface area contributed by atoms with Crippen LogP contribution in [-0.4, -0.2) is 46.6 Å². The standard InChI is InChI=1S/C26H26F6N2O/c1-33(17-24(27,28)29)22-13-9-20(10-14-22)26(35-3,19-7-5-4-6-8-19)21-11-15-23(16-12-21)34(2)18-25(30,31)32/h4-16H,17-18H2,1-3H3. The third kappa shape index (κ3) is 6.28. The van der Waals surface area contributed by atoms with Crippen LogP contribution in [0, 0.1) is 0 Å². The van der Waals surface area contributed by atoms with Crippen LogP contribution >= 0.6 is 0 Å². The van der Waals surface area contributed by atoms with Crippen LogP contribution in [0.1, 0.15) is 16.7 Å². The number of benzene rings is 3. The topological polar surface area (TPSA) is 15.7 Å². The van der Waals surface area contributed by atoms with E-state index in [1.165, 1.54) is 21.2 Å². The van der Waals surface area contributed by atoms with E-state index in [0.29, 0.717) is 22.5 Å². The van der Waals surface area contributed by atoms with Crippen LogP contribution in [-0.2, 0) is 10.3 Å². The number of nitrogens with zero attached hydrogens (tertiary/aromatic N) is 2. The fourth-order valence-electron chi connectivity index (χ4n) is 4.15. The smallest absolute Gasteiger partial charge is 0.366 e. The predicted octanol–water partition coefficient (Wildman–Crippen LogP) is 6.62. The SMILES string of the molecule is COC(c1ccccc1)(c1ccc(N(C)CC(F)(F)F)cc1)c1ccc(N(C)CC(F)(F)F)cc1. The van der Waals surface area contributed by atoms with E-state index in [2.05, 4.69) is 0 Å². The van der Waals surface area contributed by atoms with E-state index in [-0.39, 0.29) is 0 Å². The summed E-state index contributed by atoms with van der Waals surface area (Å²) in [4.78, 5) is 2.21. The largest absolute Gasteiger partial charge is 0.405 e. The van der Waals surface area contributed by atoms with Crippen molar-refractivity contribution in [1.82, 2.24) is 0 Å². The highest BCUT2D eigenvalue weighted by Gasteiger charge is 2.37. The number of methoxy groups -OCH3 is 1. The molecular formula is C26H26F6N2O. The van der Waals surface area contributed by atoms with Crippen molar-refractivity contribution in [2.45, 2.75) is 18.0 Å². The van der Waals surface area contributed by atoms with Gasteiger partial charge in [0.15, 0.2) is 0 Å². The third-order valence-electron chi connectivity index (χ3n) is 5.75. The first kappa shape index (κ1) is 26.4. The lowest BCUT2D eigenvalue weighted by Gasteiger charge is -2.35. The second-order valence-corrected chi connectivity index (χ2v) is 8.29. The fraction of sp³-hybridized carbons (Fsp3) is 0.308. The Hall–Kier alpha value is -3.20. The summed E-state index contributed by atoms with van der Waals surface area (Å²) in [6, 6.07) is 22.4. The lowest BCUT2D eigenvalue weighted by molar-refractivity contribution is -0.120. The van der Waals surface area contributed by atoms with Crippen molar-refractivity contribution in [3.05, 3.63) is 95.6 Å². The van der Waals surface area contributed by atoms with Gasteiger partial charge in [-0.2, -0.15) is 26.3 Å². The zero-order valence-electron chi connectivity index (χ0n) is 19.5. The highest BCUT2D eigenvalue weighted by molar-refractivity contribution is 5.56. The van der Waals surface area contributed by atoms with Crippen molar-refractivity contribution in [2.24, 2.45) is 0 Å². The molecule has 3 aromatic carbocycles. The Morgan fingerprint density at radius 3 is 1.23 bits per heavy atom. The molecule has 0 aliphatic carbocycles. The molecule has 0 radical (unpaired) electrons. The van der Waals surface area contributed by atoms with Gasteiger partial charge in [-0.1, -0.05) is 54.6 Å². The van der Waals surface area contributed by atoms with Gasteiger partial charge in [0.2, 0.25) is 0 Å². The van der Waals surface area contributed by atoms with Gasteiger partial charge in [-0.15, -0.1) is 0 Å². The van der Waals surface area contributed by atoms with Gasteiger partial charge < -0.3 is 14.5 Å². The summed E-state index contributed by atoms with van der Waals surface area (Å²) < 4.78 is 82.9. The molecule has 0 fully saturated rings. The van der Waals surface area contributed by atoms with Crippen LogP contribution in [0.3, 0.4) is 0 Å². The maximum atomic E-state index is 12.8. The molecule has 0 bridgehead atoms. The minimum Gasteiger partial charge on any atom is -0.366 e. The molecule has 0 aliphatic rings. The van der Waals surface area contributed by atoms with E-state index in [9.17, 15) is 26.3 Å². The summed E-state index contributed by atoms with van der Waals surface area (Å²) in [5.74, 6) is 0. The van der Waals surface area contributed by atoms with E-state index in [0.717, 1.165) is 15.4 Å². The molecule has 9 heteroatoms. The van der Waals surface area contributed by atoms with Gasteiger partial charge in [-0.3, -0.25) is 0 Å². The fourth-order valence-corrected chi connectivity index (χ4v) is 4.15. The second-order valence-electron chi connectivity index (χ2n) is 8.29. The van der Waals surface area contributed by atoms with Crippen LogP contribution in [0.15, 0.2) is 78.9 Å². The van der Waals surface area contributed by atoms with Crippen LogP contribution in [0.5, 0.6) is 0 Å². The number of halogens is 6. The Bertz CT molecular complexity index is 1010. The van der Waals surface area contributed by atoms with Crippen LogP contribution in [0.2, 0.25) is 0 Å². The monoisotopic (exact) mass is 496 g/mol. The van der Waals surface area contributed by atoms with Crippen LogP contribution < -0.4 is 9.80 Å². The Balaban J connectivity index is 2.04. The van der Waals surface area contributed by atoms with Crippen LogP contribution in [0.25, 0.3) is 0 Å². The van der Waals surface area contributed by atoms with Crippen LogP contribution in [0.4, 0.5) is 37.7 Å². The summed E-state index contributed by atoms with van der Waals surface area (Å²) in [6.07, 6.45) is -8.68. The quantitative estimate of drug-likeness (QED) is 0.258. The van der Waals surface area contributed by atoms with Gasteiger partial charge in [0.05, 0.1) is 0 Å². The molecule has 0 saturated carbocycles. The Labute approximate surface area is 200 Å². The van der Waals surface area contributed by atoms with E-state index >= 15 is 0 Å². The maximum Gasteiger partial charge on any atom is 0.405 e. The molecule has 0 unspecified atom stereocenters. The summed E-state index contributed by atoms with van der Waals surface area (Å²) >= 11 is 0. The Morgan fingerprint density at radius 1 is 0.571 bits per heavy atom. The molecule has 0 spiro atoms. The number of hydrogen-bond donors (Lipinski definition) is 0. The third-order valence-corrected chi connectivity index (χ3v) is 5.75. The molecule has 3 aromatic rings. The van der Waals surface area contributed by atoms with Crippen molar-refractivity contribution in [3.8, 4) is 0 Å². The first-order valence-corrected chi connectivity index (χ1v) is 10.7. The molecule has 3 nitrogen and oxygen atoms in total. The molecule has 0 heterocycles. The van der Waals surface area contributed by atoms with Crippen molar-refractivity contribution in [1.29, 1.82) is 0 Å². The minimum atomic E-state index is -4.34. The van der Waals surface area contributed by atoms with Gasteiger partial charge in [0.25, 0.3) is 0 Å². The van der Waals surface area contributed by atoms with Gasteiger partial charge >= 0.3 is 12.4 Å². The predicted molar refractivity (Wildman–Crippen MR) is 125 cm³/mol. The first-order valence-electron chi connectivity index (χ1n) is 10.7. The molecule has 3 rings (SSSR count). The number of anilines is 2. The summed E-state index contributed by atoms with van der Waals surface area (Å²) in [7, 11) is 4.24. The summed E-state index contributed by atoms with van der Waals surface area (Å²) in [6.45, 7) is -2.18. The molecule has 0 N–H and O–H groups in total. The molecule has 188 valence electrons. The number of alkyl halides is 6. The number of ether oxygens (including phenoxy) is 1. The van der Waals surface area contributed by atoms with E-state index in [1.54, 1.807) is 48.5 Å². The average molecular weight is 496 g/mol. The van der Waals surface area contributed by atoms with Crippen molar-refractivity contribution in [3.63, 3.8) is 0 Å². The Kier molecular flexibility index (Phi) is 7.69. The maximum absolute atomic E-state index is 12.8. The highest BCUT2D eigenvalue weighted by atomic mass is 19.4. The summed E-state index contributed by atoms with van der Waals surface area (Å²) in [5.41, 5.74) is 1.71. The second kappa shape index (κ2) is 10.2. The van der Waals surface area contributed by atoms with Gasteiger partial charge in [0.1, 0.15) is 18.7 Å². The molecule has 0 saturated heterocycles. The molecular weight excluding hydrogens is 470 g/mol.